The predicted octanol–water partition coefficient (Wildman–Crippen LogP) is 5.32. The number of ether oxygens (including phenoxy) is 3. The smallest absolute Gasteiger partial charge is 0.178 e. The average molecular weight is 440 g/mol. The van der Waals surface area contributed by atoms with E-state index in [-0.39, 0.29) is 5.78 Å². The highest BCUT2D eigenvalue weighted by Crippen LogP contribution is 2.34. The Labute approximate surface area is 192 Å². The van der Waals surface area contributed by atoms with Gasteiger partial charge >= 0.3 is 0 Å². The lowest BCUT2D eigenvalue weighted by Gasteiger charge is -2.10. The number of hydrogen-bond donors (Lipinski definition) is 0. The van der Waals surface area contributed by atoms with Gasteiger partial charge in [-0.3, -0.25) is 9.20 Å². The third-order valence-corrected chi connectivity index (χ3v) is 5.15. The molecule has 0 saturated heterocycles. The van der Waals surface area contributed by atoms with Gasteiger partial charge in [0.15, 0.2) is 17.3 Å². The number of imidazole rings is 1. The minimum atomic E-state index is -0.145. The largest absolute Gasteiger partial charge is 0.497 e. The first-order valence-corrected chi connectivity index (χ1v) is 10.4. The van der Waals surface area contributed by atoms with Crippen LogP contribution in [0.25, 0.3) is 29.1 Å². The number of pyridine rings is 1. The first-order chi connectivity index (χ1) is 16.1. The molecule has 0 bridgehead atoms. The summed E-state index contributed by atoms with van der Waals surface area (Å²) >= 11 is 0. The summed E-state index contributed by atoms with van der Waals surface area (Å²) in [6.07, 6.45) is 8.47. The van der Waals surface area contributed by atoms with Gasteiger partial charge in [0, 0.05) is 11.8 Å². The first-order valence-electron chi connectivity index (χ1n) is 10.4. The summed E-state index contributed by atoms with van der Waals surface area (Å²) in [5.41, 5.74) is 4.09. The van der Waals surface area contributed by atoms with E-state index >= 15 is 0 Å². The van der Waals surface area contributed by atoms with E-state index in [1.807, 2.05) is 71.3 Å². The van der Waals surface area contributed by atoms with Gasteiger partial charge in [-0.25, -0.2) is 4.98 Å². The van der Waals surface area contributed by atoms with Crippen LogP contribution in [0.15, 0.2) is 79.0 Å². The number of nitrogens with zero attached hydrogens (tertiary/aromatic N) is 2. The zero-order chi connectivity index (χ0) is 23.2. The number of carbonyl (C=O) groups excluding carboxylic acids is 1. The number of fused-ring (bicyclic) bond motifs is 1. The standard InChI is InChI=1S/C27H24N2O4/c1-31-22-8-6-7-19(17-22)10-12-21(30)13-14-23-27(29-16-5-4-9-26(29)28-23)20-11-15-24(32-2)25(18-20)33-3/h4-18H,1-3H3/b12-10+,14-13+. The quantitative estimate of drug-likeness (QED) is 0.347. The summed E-state index contributed by atoms with van der Waals surface area (Å²) in [4.78, 5) is 17.2. The van der Waals surface area contributed by atoms with E-state index in [1.165, 1.54) is 12.2 Å². The molecule has 0 N–H and O–H groups in total. The number of carbonyl (C=O) groups is 1. The molecule has 33 heavy (non-hydrogen) atoms. The van der Waals surface area contributed by atoms with Crippen molar-refractivity contribution in [2.24, 2.45) is 0 Å². The van der Waals surface area contributed by atoms with E-state index in [0.29, 0.717) is 17.2 Å². The molecule has 166 valence electrons. The molecule has 2 aromatic heterocycles. The number of aromatic nitrogens is 2. The highest BCUT2D eigenvalue weighted by molar-refractivity contribution is 6.04. The summed E-state index contributed by atoms with van der Waals surface area (Å²) in [6.45, 7) is 0. The van der Waals surface area contributed by atoms with Crippen LogP contribution in [0.2, 0.25) is 0 Å². The number of rotatable bonds is 8. The second kappa shape index (κ2) is 9.87. The topological polar surface area (TPSA) is 62.1 Å². The molecule has 2 aromatic carbocycles. The Kier molecular flexibility index (Phi) is 6.55. The number of methoxy groups -OCH3 is 3. The Hall–Kier alpha value is -4.32. The highest BCUT2D eigenvalue weighted by Gasteiger charge is 2.15. The van der Waals surface area contributed by atoms with Crippen LogP contribution in [0.4, 0.5) is 0 Å². The average Bonchev–Trinajstić information content (AvgIpc) is 3.24. The fourth-order valence-electron chi connectivity index (χ4n) is 3.54. The van der Waals surface area contributed by atoms with Crippen molar-refractivity contribution in [1.29, 1.82) is 0 Å². The fourth-order valence-corrected chi connectivity index (χ4v) is 3.54. The van der Waals surface area contributed by atoms with Crippen LogP contribution in [-0.2, 0) is 4.79 Å². The molecule has 6 heteroatoms. The summed E-state index contributed by atoms with van der Waals surface area (Å²) in [7, 11) is 4.82. The third-order valence-electron chi connectivity index (χ3n) is 5.15. The van der Waals surface area contributed by atoms with E-state index in [2.05, 4.69) is 0 Å². The molecule has 0 radical (unpaired) electrons. The molecule has 2 heterocycles. The molecule has 0 amide bonds. The van der Waals surface area contributed by atoms with E-state index in [0.717, 1.165) is 28.2 Å². The van der Waals surface area contributed by atoms with Crippen LogP contribution < -0.4 is 14.2 Å². The highest BCUT2D eigenvalue weighted by atomic mass is 16.5. The lowest BCUT2D eigenvalue weighted by molar-refractivity contribution is -0.110. The number of allylic oxidation sites excluding steroid dienone is 2. The van der Waals surface area contributed by atoms with Gasteiger partial charge in [-0.15, -0.1) is 0 Å². The van der Waals surface area contributed by atoms with Crippen molar-refractivity contribution in [1.82, 2.24) is 9.38 Å². The van der Waals surface area contributed by atoms with Gasteiger partial charge in [-0.2, -0.15) is 0 Å². The SMILES string of the molecule is COc1cccc(/C=C/C(=O)/C=C/c2nc3ccccn3c2-c2ccc(OC)c(OC)c2)c1. The fraction of sp³-hybridized carbons (Fsp3) is 0.111. The second-order valence-corrected chi connectivity index (χ2v) is 7.19. The van der Waals surface area contributed by atoms with Crippen molar-refractivity contribution in [3.63, 3.8) is 0 Å². The lowest BCUT2D eigenvalue weighted by Crippen LogP contribution is -1.93. The van der Waals surface area contributed by atoms with E-state index in [9.17, 15) is 4.79 Å². The molecule has 0 spiro atoms. The third kappa shape index (κ3) is 4.80. The van der Waals surface area contributed by atoms with Crippen LogP contribution >= 0.6 is 0 Å². The molecule has 6 nitrogen and oxygen atoms in total. The lowest BCUT2D eigenvalue weighted by atomic mass is 10.1. The Balaban J connectivity index is 1.67. The van der Waals surface area contributed by atoms with E-state index in [4.69, 9.17) is 19.2 Å². The molecule has 0 fully saturated rings. The number of benzene rings is 2. The molecule has 0 aliphatic rings. The number of ketones is 1. The zero-order valence-electron chi connectivity index (χ0n) is 18.7. The minimum Gasteiger partial charge on any atom is -0.497 e. The van der Waals surface area contributed by atoms with Gasteiger partial charge in [0.1, 0.15) is 11.4 Å². The summed E-state index contributed by atoms with van der Waals surface area (Å²) in [5.74, 6) is 1.86. The maximum atomic E-state index is 12.5. The second-order valence-electron chi connectivity index (χ2n) is 7.19. The summed E-state index contributed by atoms with van der Waals surface area (Å²) in [6, 6.07) is 19.0. The van der Waals surface area contributed by atoms with E-state index in [1.54, 1.807) is 33.5 Å². The van der Waals surface area contributed by atoms with Gasteiger partial charge in [0.2, 0.25) is 0 Å². The molecule has 0 saturated carbocycles. The van der Waals surface area contributed by atoms with Crippen molar-refractivity contribution >= 4 is 23.6 Å². The Morgan fingerprint density at radius 3 is 2.45 bits per heavy atom. The van der Waals surface area contributed by atoms with Crippen molar-refractivity contribution < 1.29 is 19.0 Å². The van der Waals surface area contributed by atoms with E-state index < -0.39 is 0 Å². The predicted molar refractivity (Wildman–Crippen MR) is 130 cm³/mol. The van der Waals surface area contributed by atoms with Crippen LogP contribution in [0.5, 0.6) is 17.2 Å². The number of hydrogen-bond acceptors (Lipinski definition) is 5. The van der Waals surface area contributed by atoms with Gasteiger partial charge < -0.3 is 14.2 Å². The Bertz CT molecular complexity index is 1350. The molecule has 0 unspecified atom stereocenters. The van der Waals surface area contributed by atoms with Crippen LogP contribution in [0, 0.1) is 0 Å². The minimum absolute atomic E-state index is 0.145. The van der Waals surface area contributed by atoms with Crippen molar-refractivity contribution in [3.8, 4) is 28.5 Å². The first kappa shape index (κ1) is 21.9. The Morgan fingerprint density at radius 2 is 1.67 bits per heavy atom. The monoisotopic (exact) mass is 440 g/mol. The molecule has 0 aliphatic heterocycles. The van der Waals surface area contributed by atoms with Gasteiger partial charge in [0.25, 0.3) is 0 Å². The molecule has 4 aromatic rings. The van der Waals surface area contributed by atoms with Gasteiger partial charge in [-0.1, -0.05) is 24.3 Å². The van der Waals surface area contributed by atoms with Crippen molar-refractivity contribution in [2.45, 2.75) is 0 Å². The molecular formula is C27H24N2O4. The summed E-state index contributed by atoms with van der Waals surface area (Å²) < 4.78 is 18.0. The molecule has 0 atom stereocenters. The molecule has 4 rings (SSSR count). The molecule has 0 aliphatic carbocycles. The Morgan fingerprint density at radius 1 is 0.848 bits per heavy atom. The normalized spacial score (nSPS) is 11.4. The summed E-state index contributed by atoms with van der Waals surface area (Å²) in [5, 5.41) is 0. The molecular weight excluding hydrogens is 416 g/mol. The van der Waals surface area contributed by atoms with Crippen molar-refractivity contribution in [3.05, 3.63) is 90.3 Å². The van der Waals surface area contributed by atoms with Crippen LogP contribution in [0.3, 0.4) is 0 Å². The van der Waals surface area contributed by atoms with Gasteiger partial charge in [0.05, 0.1) is 32.7 Å². The van der Waals surface area contributed by atoms with Gasteiger partial charge in [-0.05, 0) is 66.3 Å². The van der Waals surface area contributed by atoms with Crippen LogP contribution in [0.1, 0.15) is 11.3 Å². The van der Waals surface area contributed by atoms with Crippen molar-refractivity contribution in [2.75, 3.05) is 21.3 Å². The zero-order valence-corrected chi connectivity index (χ0v) is 18.7. The maximum Gasteiger partial charge on any atom is 0.178 e. The van der Waals surface area contributed by atoms with Crippen LogP contribution in [-0.4, -0.2) is 36.5 Å². The maximum absolute atomic E-state index is 12.5.